The largest absolute Gasteiger partial charge is 0.308 e. The molecule has 3 nitrogen and oxygen atoms in total. The highest BCUT2D eigenvalue weighted by atomic mass is 15.1. The van der Waals surface area contributed by atoms with E-state index in [-0.39, 0.29) is 0 Å². The van der Waals surface area contributed by atoms with E-state index in [1.165, 1.54) is 16.7 Å². The summed E-state index contributed by atoms with van der Waals surface area (Å²) in [4.78, 5) is 9.04. The van der Waals surface area contributed by atoms with Crippen LogP contribution in [0.2, 0.25) is 0 Å². The van der Waals surface area contributed by atoms with Crippen LogP contribution in [0.15, 0.2) is 72.9 Å². The Labute approximate surface area is 135 Å². The van der Waals surface area contributed by atoms with Gasteiger partial charge < -0.3 is 4.57 Å². The molecule has 0 N–H and O–H groups in total. The van der Waals surface area contributed by atoms with Crippen LogP contribution in [0.1, 0.15) is 11.4 Å². The Morgan fingerprint density at radius 2 is 1.57 bits per heavy atom. The second kappa shape index (κ2) is 5.69. The number of nitrogens with zero attached hydrogens (tertiary/aromatic N) is 3. The van der Waals surface area contributed by atoms with Crippen molar-refractivity contribution in [3.63, 3.8) is 0 Å². The van der Waals surface area contributed by atoms with Gasteiger partial charge in [-0.3, -0.25) is 0 Å². The van der Waals surface area contributed by atoms with Gasteiger partial charge >= 0.3 is 0 Å². The number of hydrogen-bond acceptors (Lipinski definition) is 2. The highest BCUT2D eigenvalue weighted by molar-refractivity contribution is 5.71. The second-order valence-electron chi connectivity index (χ2n) is 5.65. The van der Waals surface area contributed by atoms with Crippen LogP contribution in [0.25, 0.3) is 22.3 Å². The molecule has 0 amide bonds. The summed E-state index contributed by atoms with van der Waals surface area (Å²) >= 11 is 0. The molecule has 4 rings (SSSR count). The monoisotopic (exact) mass is 299 g/mol. The number of aryl methyl sites for hydroxylation is 1. The fourth-order valence-corrected chi connectivity index (χ4v) is 2.88. The number of pyridine rings is 1. The molecule has 0 aliphatic carbocycles. The Balaban J connectivity index is 1.65. The van der Waals surface area contributed by atoms with E-state index < -0.39 is 0 Å². The van der Waals surface area contributed by atoms with Gasteiger partial charge in [0, 0.05) is 6.20 Å². The van der Waals surface area contributed by atoms with Crippen molar-refractivity contribution >= 4 is 11.2 Å². The molecular weight excluding hydrogens is 282 g/mol. The Morgan fingerprint density at radius 3 is 2.35 bits per heavy atom. The summed E-state index contributed by atoms with van der Waals surface area (Å²) < 4.78 is 2.16. The molecule has 3 heteroatoms. The van der Waals surface area contributed by atoms with Crippen molar-refractivity contribution in [2.24, 2.45) is 0 Å². The molecule has 0 bridgehead atoms. The van der Waals surface area contributed by atoms with Gasteiger partial charge in [-0.25, -0.2) is 9.97 Å². The third-order valence-electron chi connectivity index (χ3n) is 4.10. The van der Waals surface area contributed by atoms with Crippen molar-refractivity contribution in [3.8, 4) is 11.1 Å². The second-order valence-corrected chi connectivity index (χ2v) is 5.65. The van der Waals surface area contributed by atoms with E-state index in [1.807, 2.05) is 31.3 Å². The molecule has 2 aromatic carbocycles. The lowest BCUT2D eigenvalue weighted by atomic mass is 10.0. The third-order valence-corrected chi connectivity index (χ3v) is 4.10. The van der Waals surface area contributed by atoms with Crippen molar-refractivity contribution in [3.05, 3.63) is 84.3 Å². The molecule has 2 aromatic heterocycles. The van der Waals surface area contributed by atoms with Crippen molar-refractivity contribution in [1.82, 2.24) is 14.5 Å². The first-order valence-corrected chi connectivity index (χ1v) is 7.73. The van der Waals surface area contributed by atoms with Crippen LogP contribution >= 0.6 is 0 Å². The molecule has 0 aliphatic heterocycles. The molecule has 2 heterocycles. The van der Waals surface area contributed by atoms with E-state index >= 15 is 0 Å². The smallest absolute Gasteiger partial charge is 0.160 e. The van der Waals surface area contributed by atoms with Gasteiger partial charge in [0.05, 0.1) is 6.54 Å². The molecule has 0 aliphatic rings. The quantitative estimate of drug-likeness (QED) is 0.559. The summed E-state index contributed by atoms with van der Waals surface area (Å²) in [5, 5.41) is 0. The van der Waals surface area contributed by atoms with Crippen LogP contribution in [0.3, 0.4) is 0 Å². The Hall–Kier alpha value is -2.94. The molecule has 4 aromatic rings. The van der Waals surface area contributed by atoms with Crippen molar-refractivity contribution < 1.29 is 0 Å². The van der Waals surface area contributed by atoms with Gasteiger partial charge in [0.2, 0.25) is 0 Å². The van der Waals surface area contributed by atoms with Crippen LogP contribution in [0.5, 0.6) is 0 Å². The lowest BCUT2D eigenvalue weighted by molar-refractivity contribution is 0.777. The van der Waals surface area contributed by atoms with Crippen LogP contribution in [0, 0.1) is 6.92 Å². The number of benzene rings is 2. The Kier molecular flexibility index (Phi) is 3.39. The van der Waals surface area contributed by atoms with Crippen LogP contribution < -0.4 is 0 Å². The fourth-order valence-electron chi connectivity index (χ4n) is 2.88. The number of hydrogen-bond donors (Lipinski definition) is 0. The third kappa shape index (κ3) is 2.61. The van der Waals surface area contributed by atoms with Crippen molar-refractivity contribution in [1.29, 1.82) is 0 Å². The fraction of sp³-hybridized carbons (Fsp3) is 0.100. The summed E-state index contributed by atoms with van der Waals surface area (Å²) in [6.45, 7) is 2.81. The van der Waals surface area contributed by atoms with Crippen LogP contribution in [-0.4, -0.2) is 14.5 Å². The van der Waals surface area contributed by atoms with Crippen LogP contribution in [-0.2, 0) is 6.54 Å². The molecule has 0 saturated heterocycles. The summed E-state index contributed by atoms with van der Waals surface area (Å²) in [6.07, 6.45) is 1.82. The molecular formula is C20H17N3. The zero-order valence-electron chi connectivity index (χ0n) is 13.0. The first kappa shape index (κ1) is 13.7. The predicted molar refractivity (Wildman–Crippen MR) is 93.2 cm³/mol. The van der Waals surface area contributed by atoms with Crippen molar-refractivity contribution in [2.75, 3.05) is 0 Å². The summed E-state index contributed by atoms with van der Waals surface area (Å²) in [5.74, 6) is 0.992. The summed E-state index contributed by atoms with van der Waals surface area (Å²) in [6, 6.07) is 23.1. The number of rotatable bonds is 3. The minimum Gasteiger partial charge on any atom is -0.308 e. The maximum Gasteiger partial charge on any atom is 0.160 e. The molecule has 112 valence electrons. The summed E-state index contributed by atoms with van der Waals surface area (Å²) in [5.41, 5.74) is 5.62. The predicted octanol–water partition coefficient (Wildman–Crippen LogP) is 4.46. The maximum atomic E-state index is 4.57. The zero-order chi connectivity index (χ0) is 15.6. The molecule has 0 saturated carbocycles. The maximum absolute atomic E-state index is 4.57. The van der Waals surface area contributed by atoms with Gasteiger partial charge in [0.15, 0.2) is 5.65 Å². The average molecular weight is 299 g/mol. The van der Waals surface area contributed by atoms with Gasteiger partial charge in [0.25, 0.3) is 0 Å². The Morgan fingerprint density at radius 1 is 0.826 bits per heavy atom. The molecule has 0 atom stereocenters. The van der Waals surface area contributed by atoms with Crippen molar-refractivity contribution in [2.45, 2.75) is 13.5 Å². The van der Waals surface area contributed by atoms with E-state index in [4.69, 9.17) is 0 Å². The molecule has 0 radical (unpaired) electrons. The SMILES string of the molecule is Cc1nc2cccnc2n1Cc1ccc(-c2ccccc2)cc1. The summed E-state index contributed by atoms with van der Waals surface area (Å²) in [7, 11) is 0. The Bertz CT molecular complexity index is 938. The molecule has 23 heavy (non-hydrogen) atoms. The molecule has 0 spiro atoms. The first-order chi connectivity index (χ1) is 11.3. The average Bonchev–Trinajstić information content (AvgIpc) is 2.92. The van der Waals surface area contributed by atoms with Crippen LogP contribution in [0.4, 0.5) is 0 Å². The first-order valence-electron chi connectivity index (χ1n) is 7.73. The van der Waals surface area contributed by atoms with E-state index in [2.05, 4.69) is 63.1 Å². The van der Waals surface area contributed by atoms with Gasteiger partial charge in [-0.15, -0.1) is 0 Å². The molecule has 0 unspecified atom stereocenters. The van der Waals surface area contributed by atoms with E-state index in [1.54, 1.807) is 0 Å². The highest BCUT2D eigenvalue weighted by Crippen LogP contribution is 2.21. The standard InChI is InChI=1S/C20H17N3/c1-15-22-19-8-5-13-21-20(19)23(15)14-16-9-11-18(12-10-16)17-6-3-2-4-7-17/h2-13H,14H2,1H3. The van der Waals surface area contributed by atoms with Gasteiger partial charge in [-0.2, -0.15) is 0 Å². The molecule has 0 fully saturated rings. The number of aromatic nitrogens is 3. The normalized spacial score (nSPS) is 11.0. The van der Waals surface area contributed by atoms with E-state index in [0.29, 0.717) is 0 Å². The highest BCUT2D eigenvalue weighted by Gasteiger charge is 2.08. The zero-order valence-corrected chi connectivity index (χ0v) is 13.0. The lowest BCUT2D eigenvalue weighted by Gasteiger charge is -2.08. The topological polar surface area (TPSA) is 30.7 Å². The van der Waals surface area contributed by atoms with E-state index in [9.17, 15) is 0 Å². The number of imidazole rings is 1. The lowest BCUT2D eigenvalue weighted by Crippen LogP contribution is -2.02. The minimum atomic E-state index is 0.786. The van der Waals surface area contributed by atoms with Gasteiger partial charge in [-0.1, -0.05) is 54.6 Å². The van der Waals surface area contributed by atoms with Gasteiger partial charge in [-0.05, 0) is 35.7 Å². The van der Waals surface area contributed by atoms with Gasteiger partial charge in [0.1, 0.15) is 11.3 Å². The van der Waals surface area contributed by atoms with E-state index in [0.717, 1.165) is 23.5 Å². The minimum absolute atomic E-state index is 0.786. The number of fused-ring (bicyclic) bond motifs is 1.